The number of alkyl halides is 8. The fourth-order valence-corrected chi connectivity index (χ4v) is 7.49. The number of carbonyl (C=O) groups excluding carboxylic acids is 1. The summed E-state index contributed by atoms with van der Waals surface area (Å²) in [4.78, 5) is 18.5. The van der Waals surface area contributed by atoms with Crippen LogP contribution < -0.4 is 10.0 Å². The largest absolute Gasteiger partial charge is 0.435 e. The van der Waals surface area contributed by atoms with Crippen molar-refractivity contribution in [2.45, 2.75) is 117 Å². The maximum atomic E-state index is 15.0. The minimum atomic E-state index is -5.14. The molecule has 2 N–H and O–H groups in total. The molecule has 0 bridgehead atoms. The summed E-state index contributed by atoms with van der Waals surface area (Å²) in [7, 11) is -1.48. The van der Waals surface area contributed by atoms with Crippen LogP contribution in [0.15, 0.2) is 42.5 Å². The van der Waals surface area contributed by atoms with Crippen molar-refractivity contribution < 1.29 is 52.9 Å². The molecule has 1 amide bonds. The Morgan fingerprint density at radius 1 is 0.939 bits per heavy atom. The molecule has 2 atom stereocenters. The number of fused-ring (bicyclic) bond motifs is 2. The lowest BCUT2D eigenvalue weighted by Gasteiger charge is -2.23. The average molecular weight is 998 g/mol. The zero-order valence-corrected chi connectivity index (χ0v) is 40.1. The number of anilines is 1. The van der Waals surface area contributed by atoms with Crippen LogP contribution in [-0.4, -0.2) is 58.1 Å². The van der Waals surface area contributed by atoms with Crippen LogP contribution in [-0.2, 0) is 53.6 Å². The lowest BCUT2D eigenvalue weighted by Crippen LogP contribution is -2.35. The second-order valence-electron chi connectivity index (χ2n) is 14.2. The topological polar surface area (TPSA) is 107 Å². The molecule has 5 aromatic rings. The number of aromatic nitrogens is 5. The van der Waals surface area contributed by atoms with Crippen LogP contribution in [0.25, 0.3) is 22.0 Å². The molecule has 0 saturated carbocycles. The van der Waals surface area contributed by atoms with Crippen LogP contribution >= 0.6 is 23.5 Å². The monoisotopic (exact) mass is 997 g/mol. The molecule has 66 heavy (non-hydrogen) atoms. The number of rotatable bonds is 11. The third-order valence-electron chi connectivity index (χ3n) is 9.47. The molecule has 0 aliphatic heterocycles. The van der Waals surface area contributed by atoms with Crippen LogP contribution in [0.3, 0.4) is 0 Å². The van der Waals surface area contributed by atoms with E-state index in [0.717, 1.165) is 24.1 Å². The molecular weight excluding hydrogens is 948 g/mol. The van der Waals surface area contributed by atoms with E-state index >= 15 is 8.78 Å². The van der Waals surface area contributed by atoms with E-state index < -0.39 is 107 Å². The van der Waals surface area contributed by atoms with E-state index in [9.17, 15) is 44.1 Å². The predicted molar refractivity (Wildman–Crippen MR) is 241 cm³/mol. The van der Waals surface area contributed by atoms with E-state index in [1.165, 1.54) is 30.5 Å². The van der Waals surface area contributed by atoms with Gasteiger partial charge in [-0.05, 0) is 68.5 Å². The Labute approximate surface area is 388 Å². The van der Waals surface area contributed by atoms with Gasteiger partial charge in [-0.15, -0.1) is 0 Å². The number of hydrogen-bond acceptors (Lipinski definition) is 7. The first-order valence-electron chi connectivity index (χ1n) is 20.6. The smallest absolute Gasteiger partial charge is 0.346 e. The standard InChI is InChI=1S/C38H32ClF10N7O2S2.3C2H6/c1-35(2,60(4)58)11-9-22-5-6-23(24-7-8-26(39)29-31(24)56(18-37(44,45)46)53-34(29)54-59-3)30(50-22)27(15-19-13-20(40)16-21(41)14-19)51-28(57)17-55-33-25(10-12-36(33,42)43)32(52-55)38(47,48)49;3*1-2/h5-8,13-14,16,27H,10,12,15,17-18H2,1-4H3,(H,51,57)(H,53,54);3*1-2H3. The number of hydrogen-bond donors (Lipinski definition) is 2. The Morgan fingerprint density at radius 3 is 2.11 bits per heavy atom. The van der Waals surface area contributed by atoms with Gasteiger partial charge in [0.15, 0.2) is 11.5 Å². The molecule has 362 valence electrons. The molecule has 22 heteroatoms. The maximum Gasteiger partial charge on any atom is 0.435 e. The summed E-state index contributed by atoms with van der Waals surface area (Å²) < 4.78 is 158. The zero-order chi connectivity index (χ0) is 50.1. The SMILES string of the molecule is CC.CC.CC.CSNc1nn(CC(F)(F)F)c2c(-c3ccc(C#CC(C)(C)S(C)=O)nc3C(Cc3cc(F)cc(F)c3)NC(=O)Cn3nc(C(F)(F)F)c4c3C(F)(F)CC4)ccc(Cl)c12. The van der Waals surface area contributed by atoms with Gasteiger partial charge in [-0.1, -0.05) is 77.1 Å². The predicted octanol–water partition coefficient (Wildman–Crippen LogP) is 12.2. The molecule has 0 radical (unpaired) electrons. The molecule has 1 aliphatic rings. The molecule has 0 fully saturated rings. The summed E-state index contributed by atoms with van der Waals surface area (Å²) in [6, 6.07) is 6.35. The summed E-state index contributed by atoms with van der Waals surface area (Å²) in [6.07, 6.45) is -9.06. The highest BCUT2D eigenvalue weighted by molar-refractivity contribution is 7.99. The third-order valence-corrected chi connectivity index (χ3v) is 11.7. The first-order chi connectivity index (χ1) is 30.9. The minimum absolute atomic E-state index is 0.00705. The highest BCUT2D eigenvalue weighted by Gasteiger charge is 2.50. The second-order valence-corrected chi connectivity index (χ2v) is 17.2. The lowest BCUT2D eigenvalue weighted by molar-refractivity contribution is -0.142. The van der Waals surface area contributed by atoms with E-state index in [1.54, 1.807) is 20.1 Å². The maximum absolute atomic E-state index is 15.0. The van der Waals surface area contributed by atoms with E-state index in [0.29, 0.717) is 10.7 Å². The van der Waals surface area contributed by atoms with Gasteiger partial charge in [0.1, 0.15) is 40.9 Å². The van der Waals surface area contributed by atoms with Gasteiger partial charge in [-0.3, -0.25) is 18.4 Å². The Balaban J connectivity index is 0.00000185. The van der Waals surface area contributed by atoms with Gasteiger partial charge in [0.25, 0.3) is 5.92 Å². The second kappa shape index (κ2) is 22.8. The Bertz CT molecular complexity index is 2560. The molecular formula is C44H50ClF10N7O2S2. The normalized spacial score (nSPS) is 14.0. The van der Waals surface area contributed by atoms with Gasteiger partial charge in [-0.2, -0.15) is 45.3 Å². The molecule has 6 rings (SSSR count). The van der Waals surface area contributed by atoms with E-state index in [-0.39, 0.29) is 54.5 Å². The van der Waals surface area contributed by atoms with E-state index in [1.807, 2.05) is 41.5 Å². The van der Waals surface area contributed by atoms with Crippen molar-refractivity contribution in [2.75, 3.05) is 17.2 Å². The van der Waals surface area contributed by atoms with Crippen molar-refractivity contribution in [1.82, 2.24) is 29.9 Å². The summed E-state index contributed by atoms with van der Waals surface area (Å²) >= 11 is 7.56. The molecule has 2 aromatic carbocycles. The Hall–Kier alpha value is -4.81. The molecule has 0 spiro atoms. The minimum Gasteiger partial charge on any atom is -0.346 e. The van der Waals surface area contributed by atoms with Crippen molar-refractivity contribution in [3.05, 3.63) is 93.0 Å². The number of pyridine rings is 1. The van der Waals surface area contributed by atoms with Crippen LogP contribution in [0, 0.1) is 23.5 Å². The van der Waals surface area contributed by atoms with Gasteiger partial charge in [0.2, 0.25) is 5.91 Å². The third kappa shape index (κ3) is 13.2. The number of nitrogens with zero attached hydrogens (tertiary/aromatic N) is 5. The van der Waals surface area contributed by atoms with E-state index in [4.69, 9.17) is 11.6 Å². The van der Waals surface area contributed by atoms with Gasteiger partial charge in [0, 0.05) is 52.5 Å². The first-order valence-corrected chi connectivity index (χ1v) is 23.8. The lowest BCUT2D eigenvalue weighted by atomic mass is 9.93. The van der Waals surface area contributed by atoms with Crippen LogP contribution in [0.2, 0.25) is 5.02 Å². The summed E-state index contributed by atoms with van der Waals surface area (Å²) in [6.45, 7) is 12.4. The average Bonchev–Trinajstić information content (AvgIpc) is 3.89. The van der Waals surface area contributed by atoms with Crippen molar-refractivity contribution in [1.29, 1.82) is 0 Å². The molecule has 1 aliphatic carbocycles. The Kier molecular flexibility index (Phi) is 19.2. The molecule has 9 nitrogen and oxygen atoms in total. The van der Waals surface area contributed by atoms with Crippen molar-refractivity contribution in [3.63, 3.8) is 0 Å². The van der Waals surface area contributed by atoms with Crippen molar-refractivity contribution >= 4 is 57.0 Å². The highest BCUT2D eigenvalue weighted by atomic mass is 35.5. The van der Waals surface area contributed by atoms with Gasteiger partial charge < -0.3 is 10.0 Å². The van der Waals surface area contributed by atoms with E-state index in [2.05, 4.69) is 37.1 Å². The summed E-state index contributed by atoms with van der Waals surface area (Å²) in [5.41, 5.74) is -3.90. The highest BCUT2D eigenvalue weighted by Crippen LogP contribution is 2.47. The Morgan fingerprint density at radius 2 is 1.55 bits per heavy atom. The van der Waals surface area contributed by atoms with Gasteiger partial charge in [-0.25, -0.2) is 13.8 Å². The quantitative estimate of drug-likeness (QED) is 0.0771. The van der Waals surface area contributed by atoms with Crippen LogP contribution in [0.4, 0.5) is 49.7 Å². The molecule has 3 aromatic heterocycles. The molecule has 2 unspecified atom stereocenters. The van der Waals surface area contributed by atoms with Crippen LogP contribution in [0.5, 0.6) is 0 Å². The van der Waals surface area contributed by atoms with Crippen molar-refractivity contribution in [2.24, 2.45) is 0 Å². The number of nitrogens with one attached hydrogen (secondary N) is 2. The van der Waals surface area contributed by atoms with Crippen molar-refractivity contribution in [3.8, 4) is 23.0 Å². The first kappa shape index (κ1) is 55.5. The number of carbonyl (C=O) groups is 1. The summed E-state index contributed by atoms with van der Waals surface area (Å²) in [5, 5.41) is 10.0. The summed E-state index contributed by atoms with van der Waals surface area (Å²) in [5.74, 6) is -1.45. The van der Waals surface area contributed by atoms with Crippen LogP contribution in [0.1, 0.15) is 102 Å². The molecule has 0 saturated heterocycles. The van der Waals surface area contributed by atoms with Gasteiger partial charge >= 0.3 is 12.4 Å². The number of amides is 1. The zero-order valence-electron chi connectivity index (χ0n) is 37.7. The number of benzene rings is 2. The fourth-order valence-electron chi connectivity index (χ4n) is 6.72. The van der Waals surface area contributed by atoms with Gasteiger partial charge in [0.05, 0.1) is 27.7 Å². The fraction of sp³-hybridized carbons (Fsp3) is 0.455. The number of halogens is 11. The molecule has 3 heterocycles.